The maximum absolute atomic E-state index is 13.3. The molecule has 0 aliphatic carbocycles. The van der Waals surface area contributed by atoms with Crippen molar-refractivity contribution in [3.63, 3.8) is 0 Å². The van der Waals surface area contributed by atoms with E-state index in [4.69, 9.17) is 0 Å². The molecule has 2 aromatic carbocycles. The van der Waals surface area contributed by atoms with Crippen molar-refractivity contribution in [2.75, 3.05) is 6.54 Å². The Morgan fingerprint density at radius 3 is 2.38 bits per heavy atom. The average molecular weight is 432 g/mol. The summed E-state index contributed by atoms with van der Waals surface area (Å²) in [7, 11) is -4.62. The van der Waals surface area contributed by atoms with Gasteiger partial charge < -0.3 is 4.90 Å². The summed E-state index contributed by atoms with van der Waals surface area (Å²) >= 11 is 0. The minimum Gasteiger partial charge on any atom is -0.337 e. The standard InChI is InChI=1S/C19H20F4N2O3S/c1-3-25(12-14-7-6-8-15(20)11-14)18(26)13(2)24-29(27,28)17-10-5-4-9-16(17)19(21,22)23/h4-11,13,24H,3,12H2,1-2H3. The molecule has 1 N–H and O–H groups in total. The van der Waals surface area contributed by atoms with Crippen LogP contribution in [0.5, 0.6) is 0 Å². The molecule has 2 rings (SSSR count). The fourth-order valence-corrected chi connectivity index (χ4v) is 4.18. The molecule has 5 nitrogen and oxygen atoms in total. The van der Waals surface area contributed by atoms with Crippen LogP contribution in [0.4, 0.5) is 17.6 Å². The van der Waals surface area contributed by atoms with Crippen LogP contribution in [0.3, 0.4) is 0 Å². The number of benzene rings is 2. The lowest BCUT2D eigenvalue weighted by atomic mass is 10.2. The van der Waals surface area contributed by atoms with Crippen molar-refractivity contribution in [1.82, 2.24) is 9.62 Å². The van der Waals surface area contributed by atoms with Crippen LogP contribution < -0.4 is 4.72 Å². The van der Waals surface area contributed by atoms with E-state index in [0.29, 0.717) is 11.6 Å². The van der Waals surface area contributed by atoms with E-state index >= 15 is 0 Å². The van der Waals surface area contributed by atoms with E-state index in [-0.39, 0.29) is 13.1 Å². The molecule has 0 aliphatic heterocycles. The fraction of sp³-hybridized carbons (Fsp3) is 0.316. The van der Waals surface area contributed by atoms with Crippen LogP contribution in [0.2, 0.25) is 0 Å². The molecule has 2 aromatic rings. The average Bonchev–Trinajstić information content (AvgIpc) is 2.64. The highest BCUT2D eigenvalue weighted by molar-refractivity contribution is 7.89. The fourth-order valence-electron chi connectivity index (χ4n) is 2.76. The third kappa shape index (κ3) is 5.77. The second-order valence-electron chi connectivity index (χ2n) is 6.32. The number of sulfonamides is 1. The molecule has 0 heterocycles. The molecule has 0 aromatic heterocycles. The first-order valence-electron chi connectivity index (χ1n) is 8.67. The first-order valence-corrected chi connectivity index (χ1v) is 10.2. The van der Waals surface area contributed by atoms with E-state index in [2.05, 4.69) is 0 Å². The summed E-state index contributed by atoms with van der Waals surface area (Å²) in [5.74, 6) is -1.13. The Hall–Kier alpha value is -2.46. The van der Waals surface area contributed by atoms with Crippen molar-refractivity contribution in [3.05, 3.63) is 65.5 Å². The monoisotopic (exact) mass is 432 g/mol. The molecule has 0 fully saturated rings. The zero-order valence-corrected chi connectivity index (χ0v) is 16.5. The van der Waals surface area contributed by atoms with Gasteiger partial charge in [0.2, 0.25) is 15.9 Å². The summed E-state index contributed by atoms with van der Waals surface area (Å²) in [6.45, 7) is 3.11. The Bertz CT molecular complexity index is 977. The summed E-state index contributed by atoms with van der Waals surface area (Å²) in [5, 5.41) is 0. The smallest absolute Gasteiger partial charge is 0.337 e. The molecule has 29 heavy (non-hydrogen) atoms. The first kappa shape index (κ1) is 22.8. The molecule has 0 bridgehead atoms. The number of nitrogens with one attached hydrogen (secondary N) is 1. The summed E-state index contributed by atoms with van der Waals surface area (Å²) in [4.78, 5) is 13.0. The molecule has 1 amide bonds. The second kappa shape index (κ2) is 8.91. The normalized spacial score (nSPS) is 13.2. The highest BCUT2D eigenvalue weighted by atomic mass is 32.2. The number of nitrogens with zero attached hydrogens (tertiary/aromatic N) is 1. The second-order valence-corrected chi connectivity index (χ2v) is 8.00. The Balaban J connectivity index is 2.21. The molecular formula is C19H20F4N2O3S. The van der Waals surface area contributed by atoms with Crippen molar-refractivity contribution in [3.8, 4) is 0 Å². The van der Waals surface area contributed by atoms with Crippen LogP contribution in [-0.4, -0.2) is 31.8 Å². The van der Waals surface area contributed by atoms with E-state index in [1.807, 2.05) is 4.72 Å². The number of hydrogen-bond donors (Lipinski definition) is 1. The molecular weight excluding hydrogens is 412 g/mol. The van der Waals surface area contributed by atoms with Crippen molar-refractivity contribution < 1.29 is 30.8 Å². The van der Waals surface area contributed by atoms with Crippen LogP contribution in [0, 0.1) is 5.82 Å². The van der Waals surface area contributed by atoms with Gasteiger partial charge in [0.05, 0.1) is 16.5 Å². The zero-order chi connectivity index (χ0) is 21.8. The number of hydrogen-bond acceptors (Lipinski definition) is 3. The maximum Gasteiger partial charge on any atom is 0.417 e. The maximum atomic E-state index is 13.3. The molecule has 0 spiro atoms. The van der Waals surface area contributed by atoms with Crippen LogP contribution in [0.1, 0.15) is 25.0 Å². The van der Waals surface area contributed by atoms with Gasteiger partial charge in [-0.1, -0.05) is 24.3 Å². The number of rotatable bonds is 7. The first-order chi connectivity index (χ1) is 13.5. The minimum absolute atomic E-state index is 0.0261. The lowest BCUT2D eigenvalue weighted by Gasteiger charge is -2.25. The number of alkyl halides is 3. The van der Waals surface area contributed by atoms with Gasteiger partial charge in [0.25, 0.3) is 0 Å². The molecule has 1 unspecified atom stereocenters. The number of carbonyl (C=O) groups is 1. The topological polar surface area (TPSA) is 66.5 Å². The molecule has 10 heteroatoms. The number of amides is 1. The minimum atomic E-state index is -4.87. The van der Waals surface area contributed by atoms with Crippen LogP contribution >= 0.6 is 0 Å². The van der Waals surface area contributed by atoms with Gasteiger partial charge in [0.15, 0.2) is 0 Å². The van der Waals surface area contributed by atoms with Crippen molar-refractivity contribution in [2.45, 2.75) is 37.5 Å². The highest BCUT2D eigenvalue weighted by Crippen LogP contribution is 2.33. The van der Waals surface area contributed by atoms with E-state index in [1.54, 1.807) is 13.0 Å². The Morgan fingerprint density at radius 2 is 1.79 bits per heavy atom. The molecule has 0 radical (unpaired) electrons. The summed E-state index contributed by atoms with van der Waals surface area (Å²) in [5.41, 5.74) is -0.822. The van der Waals surface area contributed by atoms with Gasteiger partial charge in [-0.2, -0.15) is 17.9 Å². The van der Waals surface area contributed by atoms with Crippen molar-refractivity contribution >= 4 is 15.9 Å². The number of likely N-dealkylation sites (N-methyl/N-ethyl adjacent to an activating group) is 1. The Labute approximate surface area is 166 Å². The van der Waals surface area contributed by atoms with E-state index in [0.717, 1.165) is 12.1 Å². The van der Waals surface area contributed by atoms with E-state index in [9.17, 15) is 30.8 Å². The third-order valence-corrected chi connectivity index (χ3v) is 5.74. The lowest BCUT2D eigenvalue weighted by Crippen LogP contribution is -2.46. The van der Waals surface area contributed by atoms with Gasteiger partial charge in [0, 0.05) is 13.1 Å². The van der Waals surface area contributed by atoms with Gasteiger partial charge in [-0.25, -0.2) is 12.8 Å². The predicted octanol–water partition coefficient (Wildman–Crippen LogP) is 3.56. The van der Waals surface area contributed by atoms with Crippen molar-refractivity contribution in [2.24, 2.45) is 0 Å². The van der Waals surface area contributed by atoms with Gasteiger partial charge in [0.1, 0.15) is 5.82 Å². The van der Waals surface area contributed by atoms with E-state index in [1.165, 1.54) is 36.1 Å². The molecule has 0 aliphatic rings. The summed E-state index contributed by atoms with van der Waals surface area (Å²) < 4.78 is 79.7. The predicted molar refractivity (Wildman–Crippen MR) is 98.7 cm³/mol. The SMILES string of the molecule is CCN(Cc1cccc(F)c1)C(=O)C(C)NS(=O)(=O)c1ccccc1C(F)(F)F. The van der Waals surface area contributed by atoms with Gasteiger partial charge >= 0.3 is 6.18 Å². The summed E-state index contributed by atoms with van der Waals surface area (Å²) in [6, 6.07) is 7.97. The molecule has 1 atom stereocenters. The van der Waals surface area contributed by atoms with E-state index < -0.39 is 44.4 Å². The van der Waals surface area contributed by atoms with Gasteiger partial charge in [-0.05, 0) is 43.7 Å². The lowest BCUT2D eigenvalue weighted by molar-refractivity contribution is -0.139. The number of carbonyl (C=O) groups excluding carboxylic acids is 1. The van der Waals surface area contributed by atoms with Crippen LogP contribution in [0.25, 0.3) is 0 Å². The molecule has 158 valence electrons. The van der Waals surface area contributed by atoms with Gasteiger partial charge in [-0.3, -0.25) is 4.79 Å². The largest absolute Gasteiger partial charge is 0.417 e. The quantitative estimate of drug-likeness (QED) is 0.681. The van der Waals surface area contributed by atoms with Crippen LogP contribution in [0.15, 0.2) is 53.4 Å². The van der Waals surface area contributed by atoms with Crippen molar-refractivity contribution in [1.29, 1.82) is 0 Å². The third-order valence-electron chi connectivity index (χ3n) is 4.14. The molecule has 0 saturated carbocycles. The Kier molecular flexibility index (Phi) is 7.02. The molecule has 0 saturated heterocycles. The summed E-state index contributed by atoms with van der Waals surface area (Å²) in [6.07, 6.45) is -4.87. The highest BCUT2D eigenvalue weighted by Gasteiger charge is 2.37. The zero-order valence-electron chi connectivity index (χ0n) is 15.7. The van der Waals surface area contributed by atoms with Crippen LogP contribution in [-0.2, 0) is 27.5 Å². The van der Waals surface area contributed by atoms with Gasteiger partial charge in [-0.15, -0.1) is 0 Å². The Morgan fingerprint density at radius 1 is 1.14 bits per heavy atom. The number of halogens is 4.